The third kappa shape index (κ3) is 3.72. The number of benzene rings is 1. The molecule has 1 aliphatic rings. The lowest BCUT2D eigenvalue weighted by Gasteiger charge is -2.25. The van der Waals surface area contributed by atoms with E-state index in [9.17, 15) is 4.79 Å². The van der Waals surface area contributed by atoms with Crippen LogP contribution in [0.1, 0.15) is 46.1 Å². The van der Waals surface area contributed by atoms with Crippen LogP contribution in [0.3, 0.4) is 0 Å². The molecule has 1 unspecified atom stereocenters. The lowest BCUT2D eigenvalue weighted by Crippen LogP contribution is -2.39. The fraction of sp³-hybridized carbons (Fsp3) is 0.562. The predicted molar refractivity (Wildman–Crippen MR) is 79.4 cm³/mol. The normalized spacial score (nSPS) is 16.8. The Kier molecular flexibility index (Phi) is 3.83. The molecule has 1 fully saturated rings. The fourth-order valence-corrected chi connectivity index (χ4v) is 2.12. The van der Waals surface area contributed by atoms with Gasteiger partial charge in [0.15, 0.2) is 0 Å². The topological polar surface area (TPSA) is 41.1 Å². The highest BCUT2D eigenvalue weighted by atomic mass is 16.2. The van der Waals surface area contributed by atoms with Crippen molar-refractivity contribution in [2.24, 2.45) is 0 Å². The van der Waals surface area contributed by atoms with Crippen LogP contribution in [0.15, 0.2) is 24.3 Å². The minimum atomic E-state index is -0.205. The maximum Gasteiger partial charge on any atom is 0.242 e. The van der Waals surface area contributed by atoms with Gasteiger partial charge in [0.2, 0.25) is 5.91 Å². The maximum atomic E-state index is 12.0. The molecule has 1 aromatic carbocycles. The van der Waals surface area contributed by atoms with E-state index in [0.717, 1.165) is 18.5 Å². The van der Waals surface area contributed by atoms with E-state index in [1.54, 1.807) is 0 Å². The smallest absolute Gasteiger partial charge is 0.242 e. The van der Waals surface area contributed by atoms with E-state index in [0.29, 0.717) is 6.04 Å². The van der Waals surface area contributed by atoms with Gasteiger partial charge in [0.1, 0.15) is 6.04 Å². The van der Waals surface area contributed by atoms with Crippen LogP contribution in [-0.2, 0) is 10.2 Å². The molecule has 2 N–H and O–H groups in total. The number of para-hydroxylation sites is 1. The molecule has 0 saturated heterocycles. The Balaban J connectivity index is 2.07. The Hall–Kier alpha value is -1.51. The molecule has 1 atom stereocenters. The van der Waals surface area contributed by atoms with E-state index in [-0.39, 0.29) is 17.4 Å². The van der Waals surface area contributed by atoms with Crippen molar-refractivity contribution in [3.05, 3.63) is 29.8 Å². The van der Waals surface area contributed by atoms with Gasteiger partial charge in [-0.05, 0) is 36.8 Å². The van der Waals surface area contributed by atoms with Crippen molar-refractivity contribution >= 4 is 11.6 Å². The van der Waals surface area contributed by atoms with Gasteiger partial charge in [-0.15, -0.1) is 0 Å². The summed E-state index contributed by atoms with van der Waals surface area (Å²) in [6.07, 6.45) is 2.24. The van der Waals surface area contributed by atoms with E-state index in [2.05, 4.69) is 37.5 Å². The minimum absolute atomic E-state index is 0.0658. The molecule has 1 amide bonds. The van der Waals surface area contributed by atoms with E-state index >= 15 is 0 Å². The van der Waals surface area contributed by atoms with Gasteiger partial charge >= 0.3 is 0 Å². The summed E-state index contributed by atoms with van der Waals surface area (Å²) in [6.45, 7) is 8.46. The summed E-state index contributed by atoms with van der Waals surface area (Å²) >= 11 is 0. The van der Waals surface area contributed by atoms with Gasteiger partial charge in [-0.25, -0.2) is 0 Å². The van der Waals surface area contributed by atoms with Crippen LogP contribution in [-0.4, -0.2) is 18.0 Å². The van der Waals surface area contributed by atoms with Gasteiger partial charge in [0.05, 0.1) is 0 Å². The minimum Gasteiger partial charge on any atom is -0.374 e. The Labute approximate surface area is 115 Å². The molecule has 0 bridgehead atoms. The van der Waals surface area contributed by atoms with Crippen molar-refractivity contribution in [2.45, 2.75) is 58.0 Å². The fourth-order valence-electron chi connectivity index (χ4n) is 2.12. The lowest BCUT2D eigenvalue weighted by atomic mass is 9.85. The molecule has 1 aromatic rings. The third-order valence-corrected chi connectivity index (χ3v) is 3.42. The van der Waals surface area contributed by atoms with Crippen LogP contribution >= 0.6 is 0 Å². The summed E-state index contributed by atoms with van der Waals surface area (Å²) < 4.78 is 0. The first-order valence-corrected chi connectivity index (χ1v) is 7.04. The van der Waals surface area contributed by atoms with Crippen LogP contribution in [0.2, 0.25) is 0 Å². The largest absolute Gasteiger partial charge is 0.374 e. The van der Waals surface area contributed by atoms with E-state index in [1.165, 1.54) is 5.56 Å². The summed E-state index contributed by atoms with van der Waals surface area (Å²) in [5.41, 5.74) is 2.35. The van der Waals surface area contributed by atoms with Gasteiger partial charge in [0.25, 0.3) is 0 Å². The number of anilines is 1. The second kappa shape index (κ2) is 5.24. The Morgan fingerprint density at radius 3 is 2.47 bits per heavy atom. The number of hydrogen-bond donors (Lipinski definition) is 2. The first kappa shape index (κ1) is 13.9. The molecule has 19 heavy (non-hydrogen) atoms. The average molecular weight is 260 g/mol. The molecule has 3 nitrogen and oxygen atoms in total. The number of carbonyl (C=O) groups is 1. The predicted octanol–water partition coefficient (Wildman–Crippen LogP) is 3.06. The van der Waals surface area contributed by atoms with E-state index in [1.807, 2.05) is 25.1 Å². The SMILES string of the molecule is CC(Nc1ccccc1C(C)(C)C)C(=O)NC1CC1. The third-order valence-electron chi connectivity index (χ3n) is 3.42. The summed E-state index contributed by atoms with van der Waals surface area (Å²) in [5, 5.41) is 6.37. The van der Waals surface area contributed by atoms with E-state index in [4.69, 9.17) is 0 Å². The van der Waals surface area contributed by atoms with Crippen molar-refractivity contribution < 1.29 is 4.79 Å². The van der Waals surface area contributed by atoms with Crippen molar-refractivity contribution in [3.63, 3.8) is 0 Å². The molecule has 1 aliphatic carbocycles. The van der Waals surface area contributed by atoms with Crippen molar-refractivity contribution in [3.8, 4) is 0 Å². The highest BCUT2D eigenvalue weighted by Gasteiger charge is 2.26. The number of hydrogen-bond acceptors (Lipinski definition) is 2. The highest BCUT2D eigenvalue weighted by molar-refractivity contribution is 5.85. The Morgan fingerprint density at radius 1 is 1.26 bits per heavy atom. The second-order valence-electron chi connectivity index (χ2n) is 6.44. The number of nitrogens with one attached hydrogen (secondary N) is 2. The molecule has 0 aliphatic heterocycles. The van der Waals surface area contributed by atoms with Crippen molar-refractivity contribution in [2.75, 3.05) is 5.32 Å². The first-order valence-electron chi connectivity index (χ1n) is 7.04. The zero-order valence-electron chi connectivity index (χ0n) is 12.3. The second-order valence-corrected chi connectivity index (χ2v) is 6.44. The van der Waals surface area contributed by atoms with Crippen LogP contribution in [0.25, 0.3) is 0 Å². The monoisotopic (exact) mass is 260 g/mol. The molecule has 0 heterocycles. The quantitative estimate of drug-likeness (QED) is 0.873. The van der Waals surface area contributed by atoms with Crippen molar-refractivity contribution in [1.29, 1.82) is 0 Å². The van der Waals surface area contributed by atoms with Gasteiger partial charge < -0.3 is 10.6 Å². The summed E-state index contributed by atoms with van der Waals surface area (Å²) in [6, 6.07) is 8.41. The summed E-state index contributed by atoms with van der Waals surface area (Å²) in [7, 11) is 0. The number of amides is 1. The van der Waals surface area contributed by atoms with Gasteiger partial charge in [0, 0.05) is 11.7 Å². The Bertz CT molecular complexity index is 458. The average Bonchev–Trinajstić information content (AvgIpc) is 3.12. The molecule has 0 radical (unpaired) electrons. The van der Waals surface area contributed by atoms with Crippen LogP contribution in [0.4, 0.5) is 5.69 Å². The van der Waals surface area contributed by atoms with Crippen LogP contribution in [0, 0.1) is 0 Å². The molecule has 3 heteroatoms. The number of carbonyl (C=O) groups excluding carboxylic acids is 1. The lowest BCUT2D eigenvalue weighted by molar-refractivity contribution is -0.121. The number of rotatable bonds is 4. The van der Waals surface area contributed by atoms with Gasteiger partial charge in [-0.2, -0.15) is 0 Å². The van der Waals surface area contributed by atoms with Crippen LogP contribution < -0.4 is 10.6 Å². The first-order chi connectivity index (χ1) is 8.88. The molecule has 0 spiro atoms. The molecular weight excluding hydrogens is 236 g/mol. The summed E-state index contributed by atoms with van der Waals surface area (Å²) in [5.74, 6) is 0.0891. The van der Waals surface area contributed by atoms with Crippen molar-refractivity contribution in [1.82, 2.24) is 5.32 Å². The Morgan fingerprint density at radius 2 is 1.89 bits per heavy atom. The molecule has 2 rings (SSSR count). The van der Waals surface area contributed by atoms with Gasteiger partial charge in [-0.1, -0.05) is 39.0 Å². The zero-order valence-corrected chi connectivity index (χ0v) is 12.3. The molecule has 1 saturated carbocycles. The molecule has 104 valence electrons. The highest BCUT2D eigenvalue weighted by Crippen LogP contribution is 2.29. The van der Waals surface area contributed by atoms with Crippen LogP contribution in [0.5, 0.6) is 0 Å². The summed E-state index contributed by atoms with van der Waals surface area (Å²) in [4.78, 5) is 12.0. The van der Waals surface area contributed by atoms with Gasteiger partial charge in [-0.3, -0.25) is 4.79 Å². The standard InChI is InChI=1S/C16H24N2O/c1-11(15(19)18-12-9-10-12)17-14-8-6-5-7-13(14)16(2,3)4/h5-8,11-12,17H,9-10H2,1-4H3,(H,18,19). The maximum absolute atomic E-state index is 12.0. The van der Waals surface area contributed by atoms with E-state index < -0.39 is 0 Å². The zero-order chi connectivity index (χ0) is 14.0. The molecular formula is C16H24N2O. The molecule has 0 aromatic heterocycles.